The molecule has 94 valence electrons. The molecular formula is C13H15N3O2. The van der Waals surface area contributed by atoms with E-state index in [0.717, 1.165) is 11.3 Å². The van der Waals surface area contributed by atoms with E-state index in [-0.39, 0.29) is 18.1 Å². The molecular weight excluding hydrogens is 230 g/mol. The molecule has 0 saturated heterocycles. The van der Waals surface area contributed by atoms with Gasteiger partial charge in [-0.05, 0) is 23.8 Å². The fourth-order valence-corrected chi connectivity index (χ4v) is 1.68. The van der Waals surface area contributed by atoms with E-state index in [4.69, 9.17) is 0 Å². The van der Waals surface area contributed by atoms with Crippen LogP contribution in [0.25, 0.3) is 0 Å². The first-order valence-electron chi connectivity index (χ1n) is 5.66. The average Bonchev–Trinajstić information content (AvgIpc) is 2.72. The highest BCUT2D eigenvalue weighted by molar-refractivity contribution is 5.78. The van der Waals surface area contributed by atoms with Gasteiger partial charge in [-0.15, -0.1) is 0 Å². The molecule has 2 aromatic rings. The number of phenolic OH excluding ortho intramolecular Hbond substituents is 1. The minimum atomic E-state index is -0.0817. The number of rotatable bonds is 4. The summed E-state index contributed by atoms with van der Waals surface area (Å²) in [5.41, 5.74) is 1.73. The lowest BCUT2D eigenvalue weighted by Crippen LogP contribution is -2.25. The van der Waals surface area contributed by atoms with Crippen LogP contribution in [0.2, 0.25) is 0 Å². The molecule has 2 rings (SSSR count). The second kappa shape index (κ2) is 5.35. The van der Waals surface area contributed by atoms with E-state index in [9.17, 15) is 9.90 Å². The molecule has 0 bridgehead atoms. The lowest BCUT2D eigenvalue weighted by molar-refractivity contribution is -0.120. The maximum atomic E-state index is 11.7. The number of amides is 1. The van der Waals surface area contributed by atoms with Gasteiger partial charge in [-0.1, -0.05) is 12.1 Å². The smallest absolute Gasteiger partial charge is 0.224 e. The van der Waals surface area contributed by atoms with Gasteiger partial charge in [0.25, 0.3) is 0 Å². The second-order valence-corrected chi connectivity index (χ2v) is 4.07. The minimum Gasteiger partial charge on any atom is -0.508 e. The first-order chi connectivity index (χ1) is 8.65. The topological polar surface area (TPSA) is 67.2 Å². The first-order valence-corrected chi connectivity index (χ1v) is 5.66. The number of hydrogen-bond acceptors (Lipinski definition) is 3. The Balaban J connectivity index is 1.88. The van der Waals surface area contributed by atoms with Gasteiger partial charge in [-0.3, -0.25) is 9.48 Å². The van der Waals surface area contributed by atoms with E-state index < -0.39 is 0 Å². The number of hydrogen-bond donors (Lipinski definition) is 2. The number of carbonyl (C=O) groups excluding carboxylic acids is 1. The molecule has 2 N–H and O–H groups in total. The molecule has 18 heavy (non-hydrogen) atoms. The van der Waals surface area contributed by atoms with Crippen molar-refractivity contribution in [3.05, 3.63) is 47.8 Å². The number of nitrogens with zero attached hydrogens (tertiary/aromatic N) is 2. The quantitative estimate of drug-likeness (QED) is 0.844. The van der Waals surface area contributed by atoms with E-state index in [1.165, 1.54) is 0 Å². The summed E-state index contributed by atoms with van der Waals surface area (Å²) in [6.45, 7) is 0.453. The summed E-state index contributed by atoms with van der Waals surface area (Å²) in [6.07, 6.45) is 1.95. The Hall–Kier alpha value is -2.30. The Labute approximate surface area is 105 Å². The molecule has 1 aromatic carbocycles. The fraction of sp³-hybridized carbons (Fsp3) is 0.231. The molecule has 0 aliphatic heterocycles. The van der Waals surface area contributed by atoms with Crippen LogP contribution >= 0.6 is 0 Å². The molecule has 1 amide bonds. The second-order valence-electron chi connectivity index (χ2n) is 4.07. The molecule has 0 radical (unpaired) electrons. The number of nitrogens with one attached hydrogen (secondary N) is 1. The molecule has 0 spiro atoms. The summed E-state index contributed by atoms with van der Waals surface area (Å²) >= 11 is 0. The van der Waals surface area contributed by atoms with Gasteiger partial charge >= 0.3 is 0 Å². The molecule has 0 atom stereocenters. The standard InChI is InChI=1S/C13H15N3O2/c1-16-11(5-6-15-16)9-14-13(18)8-10-3-2-4-12(17)7-10/h2-7,17H,8-9H2,1H3,(H,14,18). The van der Waals surface area contributed by atoms with Crippen molar-refractivity contribution in [2.75, 3.05) is 0 Å². The molecule has 1 aromatic heterocycles. The van der Waals surface area contributed by atoms with Crippen molar-refractivity contribution >= 4 is 5.91 Å². The third-order valence-corrected chi connectivity index (χ3v) is 2.66. The van der Waals surface area contributed by atoms with Gasteiger partial charge in [0.2, 0.25) is 5.91 Å². The molecule has 0 aliphatic carbocycles. The van der Waals surface area contributed by atoms with Crippen molar-refractivity contribution < 1.29 is 9.90 Å². The highest BCUT2D eigenvalue weighted by atomic mass is 16.3. The maximum Gasteiger partial charge on any atom is 0.224 e. The van der Waals surface area contributed by atoms with E-state index in [1.807, 2.05) is 19.2 Å². The van der Waals surface area contributed by atoms with Gasteiger partial charge < -0.3 is 10.4 Å². The van der Waals surface area contributed by atoms with Gasteiger partial charge in [-0.2, -0.15) is 5.10 Å². The summed E-state index contributed by atoms with van der Waals surface area (Å²) in [5, 5.41) is 16.1. The predicted octanol–water partition coefficient (Wildman–Crippen LogP) is 0.985. The Morgan fingerprint density at radius 1 is 1.44 bits per heavy atom. The lowest BCUT2D eigenvalue weighted by atomic mass is 10.1. The monoisotopic (exact) mass is 245 g/mol. The fourth-order valence-electron chi connectivity index (χ4n) is 1.68. The van der Waals surface area contributed by atoms with E-state index in [2.05, 4.69) is 10.4 Å². The van der Waals surface area contributed by atoms with Crippen LogP contribution in [0.3, 0.4) is 0 Å². The molecule has 0 unspecified atom stereocenters. The molecule has 1 heterocycles. The molecule has 5 nitrogen and oxygen atoms in total. The zero-order valence-corrected chi connectivity index (χ0v) is 10.1. The first kappa shape index (κ1) is 12.2. The van der Waals surface area contributed by atoms with Crippen molar-refractivity contribution in [1.82, 2.24) is 15.1 Å². The Bertz CT molecular complexity index is 549. The number of aryl methyl sites for hydroxylation is 1. The van der Waals surface area contributed by atoms with Crippen LogP contribution in [0.15, 0.2) is 36.5 Å². The number of aromatic nitrogens is 2. The number of phenols is 1. The molecule has 0 fully saturated rings. The normalized spacial score (nSPS) is 10.3. The van der Waals surface area contributed by atoms with Crippen molar-refractivity contribution in [2.24, 2.45) is 7.05 Å². The van der Waals surface area contributed by atoms with Crippen LogP contribution in [-0.2, 0) is 24.8 Å². The SMILES string of the molecule is Cn1nccc1CNC(=O)Cc1cccc(O)c1. The summed E-state index contributed by atoms with van der Waals surface area (Å²) in [5.74, 6) is 0.0914. The molecule has 0 aliphatic rings. The summed E-state index contributed by atoms with van der Waals surface area (Å²) < 4.78 is 1.72. The summed E-state index contributed by atoms with van der Waals surface area (Å²) in [7, 11) is 1.83. The highest BCUT2D eigenvalue weighted by Gasteiger charge is 2.05. The highest BCUT2D eigenvalue weighted by Crippen LogP contribution is 2.11. The van der Waals surface area contributed by atoms with Gasteiger partial charge in [0.15, 0.2) is 0 Å². The van der Waals surface area contributed by atoms with Gasteiger partial charge in [0.05, 0.1) is 18.7 Å². The lowest BCUT2D eigenvalue weighted by Gasteiger charge is -2.06. The van der Waals surface area contributed by atoms with Crippen LogP contribution < -0.4 is 5.32 Å². The third kappa shape index (κ3) is 3.10. The maximum absolute atomic E-state index is 11.7. The minimum absolute atomic E-state index is 0.0817. The number of carbonyl (C=O) groups is 1. The molecule has 0 saturated carbocycles. The third-order valence-electron chi connectivity index (χ3n) is 2.66. The van der Waals surface area contributed by atoms with Crippen LogP contribution in [0.4, 0.5) is 0 Å². The van der Waals surface area contributed by atoms with E-state index in [1.54, 1.807) is 29.1 Å². The molecule has 5 heteroatoms. The van der Waals surface area contributed by atoms with Crippen LogP contribution in [0.1, 0.15) is 11.3 Å². The zero-order valence-electron chi connectivity index (χ0n) is 10.1. The Morgan fingerprint density at radius 2 is 2.28 bits per heavy atom. The number of benzene rings is 1. The van der Waals surface area contributed by atoms with Crippen molar-refractivity contribution in [1.29, 1.82) is 0 Å². The van der Waals surface area contributed by atoms with Crippen molar-refractivity contribution in [3.63, 3.8) is 0 Å². The zero-order chi connectivity index (χ0) is 13.0. The average molecular weight is 245 g/mol. The van der Waals surface area contributed by atoms with E-state index in [0.29, 0.717) is 6.54 Å². The van der Waals surface area contributed by atoms with Crippen molar-refractivity contribution in [3.8, 4) is 5.75 Å². The van der Waals surface area contributed by atoms with Crippen LogP contribution in [0.5, 0.6) is 5.75 Å². The van der Waals surface area contributed by atoms with Crippen LogP contribution in [-0.4, -0.2) is 20.8 Å². The Morgan fingerprint density at radius 3 is 2.94 bits per heavy atom. The van der Waals surface area contributed by atoms with Crippen molar-refractivity contribution in [2.45, 2.75) is 13.0 Å². The Kier molecular flexibility index (Phi) is 3.62. The summed E-state index contributed by atoms with van der Waals surface area (Å²) in [6, 6.07) is 8.55. The van der Waals surface area contributed by atoms with Crippen LogP contribution in [0, 0.1) is 0 Å². The number of aromatic hydroxyl groups is 1. The van der Waals surface area contributed by atoms with Gasteiger partial charge in [0.1, 0.15) is 5.75 Å². The van der Waals surface area contributed by atoms with Gasteiger partial charge in [0, 0.05) is 13.2 Å². The largest absolute Gasteiger partial charge is 0.508 e. The predicted molar refractivity (Wildman–Crippen MR) is 66.9 cm³/mol. The van der Waals surface area contributed by atoms with E-state index >= 15 is 0 Å². The van der Waals surface area contributed by atoms with Gasteiger partial charge in [-0.25, -0.2) is 0 Å². The summed E-state index contributed by atoms with van der Waals surface area (Å²) in [4.78, 5) is 11.7.